The Hall–Kier alpha value is -3.11. The number of benzene rings is 1. The second kappa shape index (κ2) is 9.40. The molecule has 0 spiro atoms. The van der Waals surface area contributed by atoms with Crippen LogP contribution < -0.4 is 5.32 Å². The Morgan fingerprint density at radius 1 is 1.18 bits per heavy atom. The van der Waals surface area contributed by atoms with E-state index in [0.29, 0.717) is 47.9 Å². The van der Waals surface area contributed by atoms with Crippen molar-refractivity contribution < 1.29 is 17.7 Å². The van der Waals surface area contributed by atoms with Crippen molar-refractivity contribution in [2.45, 2.75) is 44.9 Å². The predicted octanol–water partition coefficient (Wildman–Crippen LogP) is 3.35. The molecular weight excluding hydrogens is 442 g/mol. The lowest BCUT2D eigenvalue weighted by Crippen LogP contribution is -2.41. The van der Waals surface area contributed by atoms with Gasteiger partial charge in [0.05, 0.1) is 4.90 Å². The highest BCUT2D eigenvalue weighted by Gasteiger charge is 2.33. The summed E-state index contributed by atoms with van der Waals surface area (Å²) in [7, 11) is -3.73. The molecule has 0 atom stereocenters. The number of aryl methyl sites for hydroxylation is 3. The third-order valence-corrected chi connectivity index (χ3v) is 7.86. The van der Waals surface area contributed by atoms with Crippen LogP contribution in [0.15, 0.2) is 45.9 Å². The summed E-state index contributed by atoms with van der Waals surface area (Å²) in [6.07, 6.45) is 3.19. The van der Waals surface area contributed by atoms with Gasteiger partial charge in [0.2, 0.25) is 27.6 Å². The molecule has 9 nitrogen and oxygen atoms in total. The molecule has 10 heteroatoms. The van der Waals surface area contributed by atoms with Gasteiger partial charge in [-0.25, -0.2) is 13.4 Å². The molecule has 174 valence electrons. The largest absolute Gasteiger partial charge is 0.339 e. The molecule has 3 aromatic rings. The van der Waals surface area contributed by atoms with Crippen molar-refractivity contribution in [2.75, 3.05) is 18.4 Å². The Labute approximate surface area is 193 Å². The first-order chi connectivity index (χ1) is 15.8. The number of nitrogens with one attached hydrogen (secondary N) is 1. The summed E-state index contributed by atoms with van der Waals surface area (Å²) in [6.45, 7) is 6.14. The number of amides is 1. The van der Waals surface area contributed by atoms with Crippen LogP contribution in [-0.4, -0.2) is 46.8 Å². The summed E-state index contributed by atoms with van der Waals surface area (Å²) in [4.78, 5) is 21.3. The van der Waals surface area contributed by atoms with Gasteiger partial charge in [-0.15, -0.1) is 0 Å². The maximum absolute atomic E-state index is 13.4. The van der Waals surface area contributed by atoms with E-state index in [1.165, 1.54) is 4.31 Å². The van der Waals surface area contributed by atoms with Crippen LogP contribution in [0.4, 0.5) is 5.82 Å². The Bertz CT molecular complexity index is 1250. The number of hydrogen-bond acceptors (Lipinski definition) is 7. The van der Waals surface area contributed by atoms with Crippen molar-refractivity contribution in [1.82, 2.24) is 19.4 Å². The Balaban J connectivity index is 1.46. The molecule has 0 unspecified atom stereocenters. The Kier molecular flexibility index (Phi) is 6.57. The van der Waals surface area contributed by atoms with Gasteiger partial charge in [0.1, 0.15) is 5.82 Å². The first kappa shape index (κ1) is 23.1. The smallest absolute Gasteiger partial charge is 0.243 e. The highest BCUT2D eigenvalue weighted by atomic mass is 32.2. The minimum Gasteiger partial charge on any atom is -0.339 e. The lowest BCUT2D eigenvalue weighted by molar-refractivity contribution is -0.120. The molecule has 0 bridgehead atoms. The van der Waals surface area contributed by atoms with Crippen LogP contribution in [0.3, 0.4) is 0 Å². The first-order valence-corrected chi connectivity index (χ1v) is 12.4. The van der Waals surface area contributed by atoms with Crippen molar-refractivity contribution in [3.8, 4) is 11.4 Å². The molecule has 1 N–H and O–H groups in total. The summed E-state index contributed by atoms with van der Waals surface area (Å²) < 4.78 is 33.4. The number of pyridine rings is 1. The van der Waals surface area contributed by atoms with E-state index >= 15 is 0 Å². The highest BCUT2D eigenvalue weighted by molar-refractivity contribution is 7.89. The molecule has 1 saturated heterocycles. The zero-order valence-electron chi connectivity index (χ0n) is 18.9. The van der Waals surface area contributed by atoms with Crippen molar-refractivity contribution >= 4 is 21.7 Å². The van der Waals surface area contributed by atoms with Crippen molar-refractivity contribution in [2.24, 2.45) is 5.92 Å². The number of hydrogen-bond donors (Lipinski definition) is 1. The van der Waals surface area contributed by atoms with Gasteiger partial charge in [0.15, 0.2) is 0 Å². The zero-order chi connectivity index (χ0) is 23.6. The van der Waals surface area contributed by atoms with Gasteiger partial charge in [-0.3, -0.25) is 4.79 Å². The van der Waals surface area contributed by atoms with Gasteiger partial charge in [-0.2, -0.15) is 9.29 Å². The number of anilines is 1. The third kappa shape index (κ3) is 4.96. The number of carbonyl (C=O) groups excluding carboxylic acids is 1. The van der Waals surface area contributed by atoms with Crippen molar-refractivity contribution in [3.05, 3.63) is 53.5 Å². The Morgan fingerprint density at radius 3 is 2.58 bits per heavy atom. The minimum absolute atomic E-state index is 0.134. The Morgan fingerprint density at radius 2 is 1.94 bits per heavy atom. The van der Waals surface area contributed by atoms with Gasteiger partial charge in [0, 0.05) is 37.2 Å². The average molecular weight is 470 g/mol. The molecule has 4 rings (SSSR count). The van der Waals surface area contributed by atoms with Crippen LogP contribution in [0, 0.1) is 19.8 Å². The maximum atomic E-state index is 13.4. The number of sulfonamides is 1. The van der Waals surface area contributed by atoms with Gasteiger partial charge in [-0.05, 0) is 49.9 Å². The monoisotopic (exact) mass is 469 g/mol. The third-order valence-electron chi connectivity index (χ3n) is 5.82. The van der Waals surface area contributed by atoms with E-state index in [9.17, 15) is 13.2 Å². The summed E-state index contributed by atoms with van der Waals surface area (Å²) in [5.41, 5.74) is 2.24. The summed E-state index contributed by atoms with van der Waals surface area (Å²) in [5.74, 6) is 0.963. The molecule has 0 radical (unpaired) electrons. The number of piperidine rings is 1. The molecule has 0 aliphatic carbocycles. The van der Waals surface area contributed by atoms with Crippen LogP contribution in [0.1, 0.15) is 36.8 Å². The van der Waals surface area contributed by atoms with Gasteiger partial charge in [0.25, 0.3) is 0 Å². The van der Waals surface area contributed by atoms with E-state index in [1.807, 2.05) is 19.9 Å². The zero-order valence-corrected chi connectivity index (χ0v) is 19.7. The summed E-state index contributed by atoms with van der Waals surface area (Å²) >= 11 is 0. The van der Waals surface area contributed by atoms with Crippen LogP contribution in [0.2, 0.25) is 0 Å². The fourth-order valence-electron chi connectivity index (χ4n) is 3.80. The van der Waals surface area contributed by atoms with E-state index in [2.05, 4.69) is 20.4 Å². The molecule has 1 fully saturated rings. The molecule has 1 aliphatic heterocycles. The number of rotatable bonds is 6. The van der Waals surface area contributed by atoms with E-state index in [-0.39, 0.29) is 29.8 Å². The van der Waals surface area contributed by atoms with E-state index in [0.717, 1.165) is 5.56 Å². The molecule has 0 saturated carbocycles. The molecule has 1 aromatic carbocycles. The maximum Gasteiger partial charge on any atom is 0.243 e. The van der Waals surface area contributed by atoms with E-state index in [4.69, 9.17) is 4.52 Å². The van der Waals surface area contributed by atoms with E-state index in [1.54, 1.807) is 37.4 Å². The lowest BCUT2D eigenvalue weighted by atomic mass is 9.97. The number of carbonyl (C=O) groups is 1. The van der Waals surface area contributed by atoms with Gasteiger partial charge in [-0.1, -0.05) is 30.3 Å². The molecule has 1 aliphatic rings. The second-order valence-electron chi connectivity index (χ2n) is 8.23. The number of aromatic nitrogens is 3. The highest BCUT2D eigenvalue weighted by Crippen LogP contribution is 2.29. The molecule has 2 aromatic heterocycles. The molecule has 1 amide bonds. The molecular formula is C23H27N5O4S. The standard InChI is InChI=1S/C23H27N5O4S/c1-4-21-26-22(27-32-21)18-7-6-16(3)19(13-18)33(30,31)28-11-9-17(10-12-28)23(29)25-20-8-5-15(2)14-24-20/h5-8,13-14,17H,4,9-12H2,1-3H3,(H,24,25,29). The first-order valence-electron chi connectivity index (χ1n) is 10.9. The van der Waals surface area contributed by atoms with Crippen LogP contribution in [0.25, 0.3) is 11.4 Å². The quantitative estimate of drug-likeness (QED) is 0.588. The predicted molar refractivity (Wildman–Crippen MR) is 123 cm³/mol. The van der Waals surface area contributed by atoms with E-state index < -0.39 is 10.0 Å². The summed E-state index contributed by atoms with van der Waals surface area (Å²) in [6, 6.07) is 8.77. The topological polar surface area (TPSA) is 118 Å². The normalized spacial score (nSPS) is 15.5. The van der Waals surface area contributed by atoms with Crippen LogP contribution in [-0.2, 0) is 21.2 Å². The van der Waals surface area contributed by atoms with Crippen molar-refractivity contribution in [3.63, 3.8) is 0 Å². The second-order valence-corrected chi connectivity index (χ2v) is 10.1. The molecule has 3 heterocycles. The average Bonchev–Trinajstić information content (AvgIpc) is 3.30. The lowest BCUT2D eigenvalue weighted by Gasteiger charge is -2.31. The fourth-order valence-corrected chi connectivity index (χ4v) is 5.52. The SMILES string of the molecule is CCc1nc(-c2ccc(C)c(S(=O)(=O)N3CCC(C(=O)Nc4ccc(C)cn4)CC3)c2)no1. The molecule has 33 heavy (non-hydrogen) atoms. The minimum atomic E-state index is -3.73. The summed E-state index contributed by atoms with van der Waals surface area (Å²) in [5, 5.41) is 6.77. The van der Waals surface area contributed by atoms with Crippen LogP contribution >= 0.6 is 0 Å². The van der Waals surface area contributed by atoms with Crippen molar-refractivity contribution in [1.29, 1.82) is 0 Å². The van der Waals surface area contributed by atoms with Gasteiger partial charge < -0.3 is 9.84 Å². The van der Waals surface area contributed by atoms with Gasteiger partial charge >= 0.3 is 0 Å². The van der Waals surface area contributed by atoms with Crippen LogP contribution in [0.5, 0.6) is 0 Å². The fraction of sp³-hybridized carbons (Fsp3) is 0.391. The number of nitrogens with zero attached hydrogens (tertiary/aromatic N) is 4.